The Morgan fingerprint density at radius 1 is 1.16 bits per heavy atom. The first-order valence-corrected chi connectivity index (χ1v) is 10.2. The van der Waals surface area contributed by atoms with Crippen LogP contribution in [0, 0.1) is 24.4 Å². The highest BCUT2D eigenvalue weighted by molar-refractivity contribution is 5.94. The smallest absolute Gasteiger partial charge is 0.273 e. The highest BCUT2D eigenvalue weighted by Crippen LogP contribution is 2.36. The van der Waals surface area contributed by atoms with Gasteiger partial charge in [-0.25, -0.2) is 18.2 Å². The normalized spacial score (nSPS) is 15.9. The van der Waals surface area contributed by atoms with Crippen LogP contribution < -0.4 is 0 Å². The van der Waals surface area contributed by atoms with Crippen molar-refractivity contribution in [2.75, 3.05) is 6.54 Å². The molecule has 0 saturated carbocycles. The van der Waals surface area contributed by atoms with Crippen LogP contribution in [-0.2, 0) is 13.5 Å². The monoisotopic (exact) mass is 439 g/mol. The minimum absolute atomic E-state index is 0.175. The number of carbonyl (C=O) groups excluding carboxylic acids is 1. The van der Waals surface area contributed by atoms with Crippen molar-refractivity contribution in [2.45, 2.75) is 26.3 Å². The predicted octanol–water partition coefficient (Wildman–Crippen LogP) is 4.22. The summed E-state index contributed by atoms with van der Waals surface area (Å²) < 4.78 is 44.4. The predicted molar refractivity (Wildman–Crippen MR) is 112 cm³/mol. The lowest BCUT2D eigenvalue weighted by Crippen LogP contribution is -2.39. The van der Waals surface area contributed by atoms with Crippen molar-refractivity contribution < 1.29 is 18.0 Å². The molecule has 4 heterocycles. The van der Waals surface area contributed by atoms with E-state index in [1.165, 1.54) is 4.68 Å². The Balaban J connectivity index is 1.52. The lowest BCUT2D eigenvalue weighted by atomic mass is 9.95. The van der Waals surface area contributed by atoms with Crippen molar-refractivity contribution >= 4 is 11.6 Å². The van der Waals surface area contributed by atoms with Gasteiger partial charge in [-0.1, -0.05) is 0 Å². The summed E-state index contributed by atoms with van der Waals surface area (Å²) in [5, 5.41) is 4.54. The Labute approximate surface area is 181 Å². The highest BCUT2D eigenvalue weighted by Gasteiger charge is 2.34. The van der Waals surface area contributed by atoms with Crippen molar-refractivity contribution in [1.82, 2.24) is 24.1 Å². The van der Waals surface area contributed by atoms with E-state index >= 15 is 0 Å². The number of rotatable bonds is 2. The fourth-order valence-electron chi connectivity index (χ4n) is 4.46. The molecule has 9 heteroatoms. The molecule has 0 unspecified atom stereocenters. The third-order valence-corrected chi connectivity index (χ3v) is 6.05. The van der Waals surface area contributed by atoms with Gasteiger partial charge in [-0.2, -0.15) is 5.10 Å². The molecule has 0 aliphatic carbocycles. The van der Waals surface area contributed by atoms with Crippen LogP contribution in [0.3, 0.4) is 0 Å². The molecule has 0 N–H and O–H groups in total. The summed E-state index contributed by atoms with van der Waals surface area (Å²) in [5.74, 6) is -4.18. The quantitative estimate of drug-likeness (QED) is 0.440. The topological polar surface area (TPSA) is 55.4 Å². The number of imidazole rings is 1. The van der Waals surface area contributed by atoms with E-state index < -0.39 is 17.5 Å². The Morgan fingerprint density at radius 2 is 1.88 bits per heavy atom. The number of carbonyl (C=O) groups is 1. The zero-order chi connectivity index (χ0) is 22.7. The molecule has 6 nitrogen and oxygen atoms in total. The van der Waals surface area contributed by atoms with Gasteiger partial charge in [0.25, 0.3) is 5.91 Å². The summed E-state index contributed by atoms with van der Waals surface area (Å²) in [7, 11) is 1.67. The number of amides is 1. The average Bonchev–Trinajstić information content (AvgIpc) is 3.32. The number of nitrogens with zero attached hydrogens (tertiary/aromatic N) is 5. The van der Waals surface area contributed by atoms with Gasteiger partial charge in [0, 0.05) is 30.9 Å². The Morgan fingerprint density at radius 3 is 2.59 bits per heavy atom. The maximum atomic E-state index is 13.8. The molecule has 1 aliphatic heterocycles. The summed E-state index contributed by atoms with van der Waals surface area (Å²) in [6, 6.07) is 5.39. The molecule has 1 aromatic carbocycles. The maximum absolute atomic E-state index is 13.8. The molecular formula is C23H20F3N5O. The van der Waals surface area contributed by atoms with E-state index in [-0.39, 0.29) is 17.5 Å². The van der Waals surface area contributed by atoms with Crippen molar-refractivity contribution in [3.63, 3.8) is 0 Å². The zero-order valence-electron chi connectivity index (χ0n) is 17.7. The van der Waals surface area contributed by atoms with Crippen molar-refractivity contribution in [2.24, 2.45) is 7.05 Å². The molecule has 1 amide bonds. The van der Waals surface area contributed by atoms with Gasteiger partial charge in [-0.15, -0.1) is 0 Å². The zero-order valence-corrected chi connectivity index (χ0v) is 17.7. The van der Waals surface area contributed by atoms with E-state index in [1.807, 2.05) is 32.2 Å². The third-order valence-electron chi connectivity index (χ3n) is 6.05. The molecule has 3 aromatic heterocycles. The van der Waals surface area contributed by atoms with E-state index in [9.17, 15) is 18.0 Å². The number of fused-ring (bicyclic) bond motifs is 2. The molecule has 0 bridgehead atoms. The lowest BCUT2D eigenvalue weighted by Gasteiger charge is -2.32. The Bertz CT molecular complexity index is 1370. The first-order valence-electron chi connectivity index (χ1n) is 10.2. The number of benzene rings is 1. The second-order valence-electron chi connectivity index (χ2n) is 8.09. The SMILES string of the molecule is Cc1ccn2c(C(=O)N3CCc4c(nn(C)c4-c4cc(F)c(F)c(F)c4)[C@@H]3C)cnc2c1. The summed E-state index contributed by atoms with van der Waals surface area (Å²) in [4.78, 5) is 19.4. The lowest BCUT2D eigenvalue weighted by molar-refractivity contribution is 0.0666. The summed E-state index contributed by atoms with van der Waals surface area (Å²) in [6.07, 6.45) is 3.83. The van der Waals surface area contributed by atoms with Crippen molar-refractivity contribution in [1.29, 1.82) is 0 Å². The second kappa shape index (κ2) is 7.22. The molecule has 1 atom stereocenters. The molecule has 0 saturated heterocycles. The van der Waals surface area contributed by atoms with E-state index in [1.54, 1.807) is 22.5 Å². The molecule has 0 spiro atoms. The number of hydrogen-bond acceptors (Lipinski definition) is 3. The van der Waals surface area contributed by atoms with Crippen LogP contribution in [0.15, 0.2) is 36.7 Å². The average molecular weight is 439 g/mol. The molecule has 5 rings (SSSR count). The van der Waals surface area contributed by atoms with Gasteiger partial charge >= 0.3 is 0 Å². The minimum Gasteiger partial charge on any atom is -0.329 e. The maximum Gasteiger partial charge on any atom is 0.273 e. The fourth-order valence-corrected chi connectivity index (χ4v) is 4.46. The first kappa shape index (κ1) is 20.3. The molecule has 0 fully saturated rings. The Hall–Kier alpha value is -3.62. The molecule has 164 valence electrons. The number of halogens is 3. The van der Waals surface area contributed by atoms with Gasteiger partial charge < -0.3 is 4.90 Å². The molecule has 32 heavy (non-hydrogen) atoms. The third kappa shape index (κ3) is 2.99. The van der Waals surface area contributed by atoms with Gasteiger partial charge in [0.05, 0.1) is 23.6 Å². The van der Waals surface area contributed by atoms with E-state index in [4.69, 9.17) is 0 Å². The van der Waals surface area contributed by atoms with E-state index in [0.717, 1.165) is 23.3 Å². The Kier molecular flexibility index (Phi) is 4.58. The summed E-state index contributed by atoms with van der Waals surface area (Å²) >= 11 is 0. The van der Waals surface area contributed by atoms with Gasteiger partial charge in [0.15, 0.2) is 17.5 Å². The van der Waals surface area contributed by atoms with Crippen LogP contribution in [0.5, 0.6) is 0 Å². The van der Waals surface area contributed by atoms with Gasteiger partial charge in [0.1, 0.15) is 11.3 Å². The number of hydrogen-bond donors (Lipinski definition) is 0. The number of aromatic nitrogens is 4. The van der Waals surface area contributed by atoms with Crippen LogP contribution >= 0.6 is 0 Å². The summed E-state index contributed by atoms with van der Waals surface area (Å²) in [5.41, 5.74) is 4.37. The minimum atomic E-state index is -1.50. The van der Waals surface area contributed by atoms with Crippen molar-refractivity contribution in [3.05, 3.63) is 76.6 Å². The summed E-state index contributed by atoms with van der Waals surface area (Å²) in [6.45, 7) is 4.23. The van der Waals surface area contributed by atoms with Gasteiger partial charge in [-0.05, 0) is 50.1 Å². The van der Waals surface area contributed by atoms with Crippen molar-refractivity contribution in [3.8, 4) is 11.3 Å². The second-order valence-corrected chi connectivity index (χ2v) is 8.09. The van der Waals surface area contributed by atoms with Crippen LogP contribution in [0.2, 0.25) is 0 Å². The van der Waals surface area contributed by atoms with E-state index in [2.05, 4.69) is 10.1 Å². The van der Waals surface area contributed by atoms with Gasteiger partial charge in [-0.3, -0.25) is 13.9 Å². The largest absolute Gasteiger partial charge is 0.329 e. The first-order chi connectivity index (χ1) is 15.3. The number of aryl methyl sites for hydroxylation is 2. The fraction of sp³-hybridized carbons (Fsp3) is 0.261. The van der Waals surface area contributed by atoms with Crippen LogP contribution in [0.1, 0.15) is 40.3 Å². The standard InChI is InChI=1S/C23H20F3N5O/c1-12-4-6-31-18(11-27-19(31)8-12)23(32)30-7-5-15-21(13(30)2)28-29(3)22(15)14-9-16(24)20(26)17(25)10-14/h4,6,8-11,13H,5,7H2,1-3H3/t13-/m0/s1. The van der Waals surface area contributed by atoms with Gasteiger partial charge in [0.2, 0.25) is 0 Å². The molecular weight excluding hydrogens is 419 g/mol. The van der Waals surface area contributed by atoms with Crippen LogP contribution in [0.4, 0.5) is 13.2 Å². The molecule has 4 aromatic rings. The van der Waals surface area contributed by atoms with E-state index in [0.29, 0.717) is 35.7 Å². The molecule has 0 radical (unpaired) electrons. The molecule has 1 aliphatic rings. The number of pyridine rings is 1. The van der Waals surface area contributed by atoms with Crippen LogP contribution in [-0.4, -0.2) is 36.5 Å². The highest BCUT2D eigenvalue weighted by atomic mass is 19.2. The van der Waals surface area contributed by atoms with Crippen LogP contribution in [0.25, 0.3) is 16.9 Å².